The van der Waals surface area contributed by atoms with Gasteiger partial charge < -0.3 is 10.4 Å². The predicted molar refractivity (Wildman–Crippen MR) is 90.6 cm³/mol. The minimum atomic E-state index is -0.400. The summed E-state index contributed by atoms with van der Waals surface area (Å²) in [5.74, 6) is -0.104. The SMILES string of the molecule is CCC(C)(CCO)NC(=O)CCC(=O)c1ccc2c(c1)CCC2. The maximum Gasteiger partial charge on any atom is 0.220 e. The molecule has 1 aromatic carbocycles. The number of nitrogens with one attached hydrogen (secondary N) is 1. The second-order valence-electron chi connectivity index (χ2n) is 6.70. The summed E-state index contributed by atoms with van der Waals surface area (Å²) in [4.78, 5) is 24.4. The minimum absolute atomic E-state index is 0.0233. The Morgan fingerprint density at radius 1 is 1.22 bits per heavy atom. The Balaban J connectivity index is 1.87. The van der Waals surface area contributed by atoms with Crippen LogP contribution in [0, 0.1) is 0 Å². The van der Waals surface area contributed by atoms with Crippen LogP contribution in [0.25, 0.3) is 0 Å². The maximum absolute atomic E-state index is 12.3. The zero-order chi connectivity index (χ0) is 16.9. The van der Waals surface area contributed by atoms with Crippen molar-refractivity contribution in [3.05, 3.63) is 34.9 Å². The topological polar surface area (TPSA) is 66.4 Å². The fourth-order valence-electron chi connectivity index (χ4n) is 3.09. The molecule has 0 bridgehead atoms. The van der Waals surface area contributed by atoms with E-state index in [1.807, 2.05) is 32.0 Å². The third-order valence-electron chi connectivity index (χ3n) is 4.88. The molecule has 0 fully saturated rings. The predicted octanol–water partition coefficient (Wildman–Crippen LogP) is 2.81. The van der Waals surface area contributed by atoms with Crippen molar-refractivity contribution < 1.29 is 14.7 Å². The number of fused-ring (bicyclic) bond motifs is 1. The van der Waals surface area contributed by atoms with Gasteiger partial charge in [-0.05, 0) is 56.2 Å². The number of carbonyl (C=O) groups excluding carboxylic acids is 2. The van der Waals surface area contributed by atoms with Crippen molar-refractivity contribution in [3.63, 3.8) is 0 Å². The van der Waals surface area contributed by atoms with E-state index in [9.17, 15) is 9.59 Å². The summed E-state index contributed by atoms with van der Waals surface area (Å²) in [6.07, 6.45) is 5.00. The molecule has 2 rings (SSSR count). The van der Waals surface area contributed by atoms with Gasteiger partial charge in [-0.3, -0.25) is 9.59 Å². The van der Waals surface area contributed by atoms with Crippen molar-refractivity contribution in [2.75, 3.05) is 6.61 Å². The highest BCUT2D eigenvalue weighted by molar-refractivity contribution is 5.98. The Morgan fingerprint density at radius 2 is 1.96 bits per heavy atom. The van der Waals surface area contributed by atoms with Crippen LogP contribution in [0.1, 0.15) is 67.4 Å². The molecule has 0 saturated carbocycles. The first kappa shape index (κ1) is 17.7. The van der Waals surface area contributed by atoms with E-state index < -0.39 is 5.54 Å². The highest BCUT2D eigenvalue weighted by atomic mass is 16.3. The zero-order valence-corrected chi connectivity index (χ0v) is 14.2. The summed E-state index contributed by atoms with van der Waals surface area (Å²) in [5, 5.41) is 12.0. The number of hydrogen-bond donors (Lipinski definition) is 2. The van der Waals surface area contributed by atoms with E-state index in [0.717, 1.165) is 25.7 Å². The largest absolute Gasteiger partial charge is 0.396 e. The van der Waals surface area contributed by atoms with Crippen molar-refractivity contribution in [2.24, 2.45) is 0 Å². The number of Topliss-reactive ketones (excluding diaryl/α,β-unsaturated/α-hetero) is 1. The molecule has 0 aromatic heterocycles. The van der Waals surface area contributed by atoms with Gasteiger partial charge in [0.15, 0.2) is 5.78 Å². The van der Waals surface area contributed by atoms with Gasteiger partial charge in [-0.25, -0.2) is 0 Å². The molecule has 4 nitrogen and oxygen atoms in total. The van der Waals surface area contributed by atoms with Crippen LogP contribution in [0.3, 0.4) is 0 Å². The van der Waals surface area contributed by atoms with Crippen LogP contribution in [0.2, 0.25) is 0 Å². The van der Waals surface area contributed by atoms with Crippen molar-refractivity contribution in [2.45, 2.75) is 64.3 Å². The molecule has 0 saturated heterocycles. The standard InChI is InChI=1S/C19H27NO3/c1-3-19(2,11-12-21)20-18(23)10-9-17(22)16-8-7-14-5-4-6-15(14)13-16/h7-8,13,21H,3-6,9-12H2,1-2H3,(H,20,23). The molecule has 1 aromatic rings. The van der Waals surface area contributed by atoms with Crippen molar-refractivity contribution >= 4 is 11.7 Å². The summed E-state index contributed by atoms with van der Waals surface area (Å²) < 4.78 is 0. The molecule has 1 amide bonds. The van der Waals surface area contributed by atoms with Crippen LogP contribution in [0.15, 0.2) is 18.2 Å². The fourth-order valence-corrected chi connectivity index (χ4v) is 3.09. The van der Waals surface area contributed by atoms with Crippen LogP contribution in [0.4, 0.5) is 0 Å². The van der Waals surface area contributed by atoms with Crippen LogP contribution in [-0.2, 0) is 17.6 Å². The lowest BCUT2D eigenvalue weighted by atomic mass is 9.94. The third kappa shape index (κ3) is 4.64. The lowest BCUT2D eigenvalue weighted by Crippen LogP contribution is -2.46. The first-order valence-electron chi connectivity index (χ1n) is 8.54. The Bertz CT molecular complexity index is 582. The summed E-state index contributed by atoms with van der Waals surface area (Å²) in [6.45, 7) is 3.94. The van der Waals surface area contributed by atoms with Crippen LogP contribution < -0.4 is 5.32 Å². The maximum atomic E-state index is 12.3. The lowest BCUT2D eigenvalue weighted by molar-refractivity contribution is -0.123. The third-order valence-corrected chi connectivity index (χ3v) is 4.88. The zero-order valence-electron chi connectivity index (χ0n) is 14.2. The molecule has 126 valence electrons. The summed E-state index contributed by atoms with van der Waals surface area (Å²) in [7, 11) is 0. The average molecular weight is 317 g/mol. The Morgan fingerprint density at radius 3 is 2.65 bits per heavy atom. The van der Waals surface area contributed by atoms with Gasteiger partial charge >= 0.3 is 0 Å². The number of amides is 1. The molecule has 23 heavy (non-hydrogen) atoms. The number of aliphatic hydroxyl groups is 1. The van der Waals surface area contributed by atoms with Crippen molar-refractivity contribution in [3.8, 4) is 0 Å². The quantitative estimate of drug-likeness (QED) is 0.725. The van der Waals surface area contributed by atoms with E-state index in [2.05, 4.69) is 5.32 Å². The van der Waals surface area contributed by atoms with E-state index in [1.54, 1.807) is 0 Å². The van der Waals surface area contributed by atoms with Crippen LogP contribution in [0.5, 0.6) is 0 Å². The fraction of sp³-hybridized carbons (Fsp3) is 0.579. The molecule has 0 heterocycles. The van der Waals surface area contributed by atoms with Crippen LogP contribution in [-0.4, -0.2) is 28.9 Å². The monoisotopic (exact) mass is 317 g/mol. The van der Waals surface area contributed by atoms with E-state index in [4.69, 9.17) is 5.11 Å². The van der Waals surface area contributed by atoms with Gasteiger partial charge in [0.2, 0.25) is 5.91 Å². The van der Waals surface area contributed by atoms with Crippen LogP contribution >= 0.6 is 0 Å². The second kappa shape index (κ2) is 7.73. The number of carbonyl (C=O) groups is 2. The van der Waals surface area contributed by atoms with Gasteiger partial charge in [0.25, 0.3) is 0 Å². The number of rotatable bonds is 8. The van der Waals surface area contributed by atoms with Gasteiger partial charge in [-0.1, -0.05) is 19.1 Å². The summed E-state index contributed by atoms with van der Waals surface area (Å²) in [5.41, 5.74) is 2.94. The number of ketones is 1. The molecule has 0 spiro atoms. The minimum Gasteiger partial charge on any atom is -0.396 e. The molecular weight excluding hydrogens is 290 g/mol. The summed E-state index contributed by atoms with van der Waals surface area (Å²) in [6, 6.07) is 5.92. The van der Waals surface area contributed by atoms with Gasteiger partial charge in [0, 0.05) is 30.6 Å². The molecule has 4 heteroatoms. The van der Waals surface area contributed by atoms with E-state index in [1.165, 1.54) is 11.1 Å². The van der Waals surface area contributed by atoms with E-state index >= 15 is 0 Å². The average Bonchev–Trinajstić information content (AvgIpc) is 3.00. The lowest BCUT2D eigenvalue weighted by Gasteiger charge is -2.29. The highest BCUT2D eigenvalue weighted by Gasteiger charge is 2.24. The number of aliphatic hydroxyl groups excluding tert-OH is 1. The second-order valence-corrected chi connectivity index (χ2v) is 6.70. The van der Waals surface area contributed by atoms with Crippen molar-refractivity contribution in [1.29, 1.82) is 0 Å². The van der Waals surface area contributed by atoms with E-state index in [0.29, 0.717) is 12.0 Å². The number of aryl methyl sites for hydroxylation is 2. The highest BCUT2D eigenvalue weighted by Crippen LogP contribution is 2.23. The summed E-state index contributed by atoms with van der Waals surface area (Å²) >= 11 is 0. The normalized spacial score (nSPS) is 15.8. The molecule has 0 aliphatic heterocycles. The van der Waals surface area contributed by atoms with Gasteiger partial charge in [0.1, 0.15) is 0 Å². The van der Waals surface area contributed by atoms with Gasteiger partial charge in [0.05, 0.1) is 0 Å². The van der Waals surface area contributed by atoms with Gasteiger partial charge in [-0.2, -0.15) is 0 Å². The Kier molecular flexibility index (Phi) is 5.94. The smallest absolute Gasteiger partial charge is 0.220 e. The van der Waals surface area contributed by atoms with Crippen molar-refractivity contribution in [1.82, 2.24) is 5.32 Å². The number of hydrogen-bond acceptors (Lipinski definition) is 3. The van der Waals surface area contributed by atoms with E-state index in [-0.39, 0.29) is 31.1 Å². The molecule has 1 aliphatic carbocycles. The Labute approximate surface area is 138 Å². The molecule has 1 unspecified atom stereocenters. The molecule has 1 atom stereocenters. The van der Waals surface area contributed by atoms with Gasteiger partial charge in [-0.15, -0.1) is 0 Å². The molecule has 0 radical (unpaired) electrons. The molecular formula is C19H27NO3. The first-order chi connectivity index (χ1) is 11.0. The Hall–Kier alpha value is -1.68. The molecule has 1 aliphatic rings. The molecule has 2 N–H and O–H groups in total. The number of benzene rings is 1. The first-order valence-corrected chi connectivity index (χ1v) is 8.54.